The Morgan fingerprint density at radius 2 is 2.04 bits per heavy atom. The molecule has 0 saturated carbocycles. The van der Waals surface area contributed by atoms with E-state index in [2.05, 4.69) is 4.98 Å². The topological polar surface area (TPSA) is 95.5 Å². The van der Waals surface area contributed by atoms with Gasteiger partial charge in [-0.3, -0.25) is 14.9 Å². The van der Waals surface area contributed by atoms with E-state index in [0.717, 1.165) is 0 Å². The first-order valence-corrected chi connectivity index (χ1v) is 6.60. The number of aromatic nitrogens is 1. The summed E-state index contributed by atoms with van der Waals surface area (Å²) in [5.41, 5.74) is 0.452. The predicted octanol–water partition coefficient (Wildman–Crippen LogP) is 3.85. The third kappa shape index (κ3) is 3.08. The van der Waals surface area contributed by atoms with Crippen molar-refractivity contribution in [3.63, 3.8) is 0 Å². The van der Waals surface area contributed by atoms with Crippen LogP contribution in [0.15, 0.2) is 59.1 Å². The van der Waals surface area contributed by atoms with Crippen LogP contribution in [0.1, 0.15) is 10.6 Å². The molecule has 0 bridgehead atoms. The van der Waals surface area contributed by atoms with Crippen LogP contribution in [0.4, 0.5) is 5.69 Å². The lowest BCUT2D eigenvalue weighted by molar-refractivity contribution is -0.386. The minimum Gasteiger partial charge on any atom is -0.453 e. The first kappa shape index (κ1) is 14.5. The van der Waals surface area contributed by atoms with Crippen LogP contribution in [0.5, 0.6) is 11.6 Å². The van der Waals surface area contributed by atoms with E-state index >= 15 is 0 Å². The number of hydrogen-bond acceptors (Lipinski definition) is 6. The molecule has 7 nitrogen and oxygen atoms in total. The highest BCUT2D eigenvalue weighted by Gasteiger charge is 2.16. The lowest BCUT2D eigenvalue weighted by atomic mass is 10.1. The molecule has 3 rings (SSSR count). The van der Waals surface area contributed by atoms with Gasteiger partial charge in [0, 0.05) is 17.8 Å². The molecule has 0 amide bonds. The molecule has 0 aliphatic heterocycles. The van der Waals surface area contributed by atoms with Gasteiger partial charge in [0.25, 0.3) is 5.88 Å². The quantitative estimate of drug-likeness (QED) is 0.403. The third-order valence-electron chi connectivity index (χ3n) is 3.02. The van der Waals surface area contributed by atoms with Gasteiger partial charge in [-0.1, -0.05) is 12.1 Å². The SMILES string of the molecule is O=Cc1ccc(-c2cccc(Oc3ncccc3[N+](=O)[O-])c2)o1. The Balaban J connectivity index is 1.92. The predicted molar refractivity (Wildman–Crippen MR) is 80.5 cm³/mol. The molecule has 0 fully saturated rings. The molecule has 7 heteroatoms. The summed E-state index contributed by atoms with van der Waals surface area (Å²) in [6.07, 6.45) is 2.02. The van der Waals surface area contributed by atoms with Crippen molar-refractivity contribution in [1.29, 1.82) is 0 Å². The van der Waals surface area contributed by atoms with Gasteiger partial charge in [-0.05, 0) is 30.3 Å². The third-order valence-corrected chi connectivity index (χ3v) is 3.02. The van der Waals surface area contributed by atoms with Crippen molar-refractivity contribution in [1.82, 2.24) is 4.98 Å². The summed E-state index contributed by atoms with van der Waals surface area (Å²) in [4.78, 5) is 25.0. The molecule has 0 aliphatic carbocycles. The summed E-state index contributed by atoms with van der Waals surface area (Å²) in [6.45, 7) is 0. The summed E-state index contributed by atoms with van der Waals surface area (Å²) in [6, 6.07) is 12.8. The molecule has 2 heterocycles. The first-order valence-electron chi connectivity index (χ1n) is 6.60. The smallest absolute Gasteiger partial charge is 0.331 e. The molecule has 1 aromatic carbocycles. The Kier molecular flexibility index (Phi) is 3.84. The zero-order valence-corrected chi connectivity index (χ0v) is 11.7. The second-order valence-electron chi connectivity index (χ2n) is 4.53. The maximum Gasteiger partial charge on any atom is 0.331 e. The molecule has 23 heavy (non-hydrogen) atoms. The van der Waals surface area contributed by atoms with Crippen LogP contribution in [0.3, 0.4) is 0 Å². The molecular weight excluding hydrogens is 300 g/mol. The van der Waals surface area contributed by atoms with Gasteiger partial charge < -0.3 is 9.15 Å². The number of nitro groups is 1. The van der Waals surface area contributed by atoms with Crippen molar-refractivity contribution >= 4 is 12.0 Å². The number of pyridine rings is 1. The molecule has 0 N–H and O–H groups in total. The highest BCUT2D eigenvalue weighted by atomic mass is 16.6. The minimum absolute atomic E-state index is 0.0947. The van der Waals surface area contributed by atoms with Crippen LogP contribution >= 0.6 is 0 Å². The zero-order chi connectivity index (χ0) is 16.2. The fraction of sp³-hybridized carbons (Fsp3) is 0. The molecule has 0 spiro atoms. The minimum atomic E-state index is -0.560. The van der Waals surface area contributed by atoms with E-state index in [9.17, 15) is 14.9 Å². The van der Waals surface area contributed by atoms with Gasteiger partial charge >= 0.3 is 5.69 Å². The second kappa shape index (κ2) is 6.10. The Morgan fingerprint density at radius 3 is 2.78 bits per heavy atom. The van der Waals surface area contributed by atoms with E-state index in [4.69, 9.17) is 9.15 Å². The van der Waals surface area contributed by atoms with E-state index in [1.165, 1.54) is 18.3 Å². The number of rotatable bonds is 5. The maximum absolute atomic E-state index is 11.0. The van der Waals surface area contributed by atoms with Crippen molar-refractivity contribution in [2.45, 2.75) is 0 Å². The summed E-state index contributed by atoms with van der Waals surface area (Å²) in [5, 5.41) is 11.0. The fourth-order valence-electron chi connectivity index (χ4n) is 2.00. The van der Waals surface area contributed by atoms with Gasteiger partial charge in [0.1, 0.15) is 11.5 Å². The van der Waals surface area contributed by atoms with Crippen molar-refractivity contribution in [3.05, 3.63) is 70.6 Å². The Labute approximate surface area is 130 Å². The van der Waals surface area contributed by atoms with Gasteiger partial charge in [0.2, 0.25) is 0 Å². The molecule has 3 aromatic rings. The number of furan rings is 1. The van der Waals surface area contributed by atoms with Crippen molar-refractivity contribution in [2.24, 2.45) is 0 Å². The van der Waals surface area contributed by atoms with Crippen LogP contribution in [0.25, 0.3) is 11.3 Å². The summed E-state index contributed by atoms with van der Waals surface area (Å²) < 4.78 is 10.8. The highest BCUT2D eigenvalue weighted by molar-refractivity contribution is 5.73. The van der Waals surface area contributed by atoms with E-state index < -0.39 is 4.92 Å². The maximum atomic E-state index is 11.0. The number of benzene rings is 1. The van der Waals surface area contributed by atoms with E-state index in [1.807, 2.05) is 0 Å². The van der Waals surface area contributed by atoms with E-state index in [0.29, 0.717) is 23.4 Å². The van der Waals surface area contributed by atoms with Gasteiger partial charge in [-0.15, -0.1) is 0 Å². The molecule has 0 atom stereocenters. The molecule has 114 valence electrons. The molecule has 0 radical (unpaired) electrons. The lowest BCUT2D eigenvalue weighted by Crippen LogP contribution is -1.95. The number of nitrogens with zero attached hydrogens (tertiary/aromatic N) is 2. The number of carbonyl (C=O) groups is 1. The number of ether oxygens (including phenoxy) is 1. The van der Waals surface area contributed by atoms with Gasteiger partial charge in [-0.25, -0.2) is 4.98 Å². The van der Waals surface area contributed by atoms with Crippen LogP contribution < -0.4 is 4.74 Å². The number of aldehydes is 1. The zero-order valence-electron chi connectivity index (χ0n) is 11.7. The molecule has 0 saturated heterocycles. The standard InChI is InChI=1S/C16H10N2O5/c19-10-13-6-7-15(22-13)11-3-1-4-12(9-11)23-16-14(18(20)21)5-2-8-17-16/h1-10H. The molecule has 0 aliphatic rings. The average Bonchev–Trinajstić information content (AvgIpc) is 3.04. The lowest BCUT2D eigenvalue weighted by Gasteiger charge is -2.06. The Bertz CT molecular complexity index is 872. The van der Waals surface area contributed by atoms with Gasteiger partial charge in [0.15, 0.2) is 12.0 Å². The van der Waals surface area contributed by atoms with Gasteiger partial charge in [0.05, 0.1) is 4.92 Å². The monoisotopic (exact) mass is 310 g/mol. The van der Waals surface area contributed by atoms with Crippen LogP contribution in [-0.4, -0.2) is 16.2 Å². The van der Waals surface area contributed by atoms with Crippen LogP contribution in [0.2, 0.25) is 0 Å². The highest BCUT2D eigenvalue weighted by Crippen LogP contribution is 2.31. The molecular formula is C16H10N2O5. The van der Waals surface area contributed by atoms with E-state index in [-0.39, 0.29) is 17.3 Å². The number of hydrogen-bond donors (Lipinski definition) is 0. The summed E-state index contributed by atoms with van der Waals surface area (Å²) in [5.74, 6) is 0.982. The normalized spacial score (nSPS) is 10.3. The van der Waals surface area contributed by atoms with E-state index in [1.54, 1.807) is 36.4 Å². The first-order chi connectivity index (χ1) is 11.2. The van der Waals surface area contributed by atoms with Gasteiger partial charge in [-0.2, -0.15) is 0 Å². The number of carbonyl (C=O) groups excluding carboxylic acids is 1. The summed E-state index contributed by atoms with van der Waals surface area (Å²) >= 11 is 0. The van der Waals surface area contributed by atoms with Crippen molar-refractivity contribution in [2.75, 3.05) is 0 Å². The summed E-state index contributed by atoms with van der Waals surface area (Å²) in [7, 11) is 0. The van der Waals surface area contributed by atoms with Crippen molar-refractivity contribution < 1.29 is 18.9 Å². The van der Waals surface area contributed by atoms with Crippen LogP contribution in [0, 0.1) is 10.1 Å². The largest absolute Gasteiger partial charge is 0.453 e. The Morgan fingerprint density at radius 1 is 1.17 bits per heavy atom. The average molecular weight is 310 g/mol. The fourth-order valence-corrected chi connectivity index (χ4v) is 2.00. The van der Waals surface area contributed by atoms with Crippen LogP contribution in [-0.2, 0) is 0 Å². The second-order valence-corrected chi connectivity index (χ2v) is 4.53. The molecule has 2 aromatic heterocycles. The Hall–Kier alpha value is -3.48. The molecule has 0 unspecified atom stereocenters. The van der Waals surface area contributed by atoms with Crippen molar-refractivity contribution in [3.8, 4) is 23.0 Å².